The summed E-state index contributed by atoms with van der Waals surface area (Å²) < 4.78 is 83.4. The van der Waals surface area contributed by atoms with E-state index in [1.54, 1.807) is 22.8 Å². The van der Waals surface area contributed by atoms with Crippen molar-refractivity contribution in [2.24, 2.45) is 5.92 Å². The van der Waals surface area contributed by atoms with E-state index < -0.39 is 59.1 Å². The van der Waals surface area contributed by atoms with Crippen molar-refractivity contribution in [2.45, 2.75) is 38.6 Å². The van der Waals surface area contributed by atoms with Gasteiger partial charge in [0, 0.05) is 17.2 Å². The molecule has 1 fully saturated rings. The van der Waals surface area contributed by atoms with Crippen molar-refractivity contribution < 1.29 is 41.3 Å². The average molecular weight is 642 g/mol. The fourth-order valence-corrected chi connectivity index (χ4v) is 5.07. The molecule has 0 saturated carbocycles. The summed E-state index contributed by atoms with van der Waals surface area (Å²) in [5, 5.41) is 11.9. The van der Waals surface area contributed by atoms with Gasteiger partial charge in [0.25, 0.3) is 5.91 Å². The minimum Gasteiger partial charge on any atom is -0.392 e. The van der Waals surface area contributed by atoms with Crippen LogP contribution in [0.5, 0.6) is 0 Å². The number of imidazole rings is 1. The van der Waals surface area contributed by atoms with Gasteiger partial charge < -0.3 is 24.5 Å². The van der Waals surface area contributed by atoms with Crippen LogP contribution in [-0.2, 0) is 22.6 Å². The molecule has 4 aromatic rings. The maximum Gasteiger partial charge on any atom is 0.261 e. The molecule has 4 atom stereocenters. The molecule has 0 spiro atoms. The van der Waals surface area contributed by atoms with Gasteiger partial charge in [0.2, 0.25) is 5.82 Å². The molecule has 1 aliphatic rings. The van der Waals surface area contributed by atoms with Gasteiger partial charge >= 0.3 is 0 Å². The quantitative estimate of drug-likeness (QED) is 0.127. The molecule has 43 heavy (non-hydrogen) atoms. The number of hydrogen-bond acceptors (Lipinski definition) is 5. The molecule has 5 rings (SSSR count). The average Bonchev–Trinajstić information content (AvgIpc) is 3.32. The molecular formula is C29H22Cl2F5N3O4. The highest BCUT2D eigenvalue weighted by molar-refractivity contribution is 6.40. The van der Waals surface area contributed by atoms with Crippen LogP contribution < -0.4 is 5.32 Å². The second-order valence-electron chi connectivity index (χ2n) is 9.83. The van der Waals surface area contributed by atoms with Crippen molar-refractivity contribution in [2.75, 3.05) is 5.32 Å². The Kier molecular flexibility index (Phi) is 9.04. The maximum absolute atomic E-state index is 14.2. The van der Waals surface area contributed by atoms with E-state index in [-0.39, 0.29) is 35.1 Å². The third-order valence-corrected chi connectivity index (χ3v) is 7.86. The summed E-state index contributed by atoms with van der Waals surface area (Å²) in [6, 6.07) is 13.0. The Morgan fingerprint density at radius 1 is 0.953 bits per heavy atom. The lowest BCUT2D eigenvalue weighted by Crippen LogP contribution is -2.39. The predicted octanol–water partition coefficient (Wildman–Crippen LogP) is 7.12. The second-order valence-corrected chi connectivity index (χ2v) is 10.5. The van der Waals surface area contributed by atoms with Crippen molar-refractivity contribution in [3.05, 3.63) is 117 Å². The number of rotatable bonds is 7. The normalized spacial score (nSPS) is 20.3. The zero-order chi connectivity index (χ0) is 31.0. The molecule has 0 radical (unpaired) electrons. The fraction of sp³-hybridized carbons (Fsp3) is 0.241. The SMILES string of the molecule is CC1C(Cn2cnc(Cl)c2Cl)OC(c2cccc(NC(=O)c3c(F)c(F)c(F)c(F)c3F)c2)OC1c1ccc(CO)cc1. The number of aliphatic hydroxyl groups excluding tert-OH is 1. The highest BCUT2D eigenvalue weighted by atomic mass is 35.5. The number of nitrogens with one attached hydrogen (secondary N) is 1. The minimum atomic E-state index is -2.37. The van der Waals surface area contributed by atoms with E-state index in [1.807, 2.05) is 19.1 Å². The second kappa shape index (κ2) is 12.6. The number of ether oxygens (including phenoxy) is 2. The summed E-state index contributed by atoms with van der Waals surface area (Å²) in [5.74, 6) is -13.1. The van der Waals surface area contributed by atoms with Gasteiger partial charge in [-0.25, -0.2) is 26.9 Å². The molecule has 3 aromatic carbocycles. The largest absolute Gasteiger partial charge is 0.392 e. The van der Waals surface area contributed by atoms with Crippen molar-refractivity contribution in [1.29, 1.82) is 0 Å². The van der Waals surface area contributed by atoms with Gasteiger partial charge in [0.1, 0.15) is 10.7 Å². The summed E-state index contributed by atoms with van der Waals surface area (Å²) in [4.78, 5) is 16.6. The van der Waals surface area contributed by atoms with E-state index in [2.05, 4.69) is 10.3 Å². The zero-order valence-electron chi connectivity index (χ0n) is 22.1. The van der Waals surface area contributed by atoms with Crippen LogP contribution in [0.2, 0.25) is 10.3 Å². The number of halogens is 7. The van der Waals surface area contributed by atoms with E-state index >= 15 is 0 Å². The maximum atomic E-state index is 14.2. The number of nitrogens with zero attached hydrogens (tertiary/aromatic N) is 2. The zero-order valence-corrected chi connectivity index (χ0v) is 23.6. The highest BCUT2D eigenvalue weighted by Gasteiger charge is 2.39. The van der Waals surface area contributed by atoms with Crippen molar-refractivity contribution >= 4 is 34.8 Å². The summed E-state index contributed by atoms with van der Waals surface area (Å²) in [6.45, 7) is 2.01. The summed E-state index contributed by atoms with van der Waals surface area (Å²) >= 11 is 12.3. The molecule has 2 N–H and O–H groups in total. The Morgan fingerprint density at radius 3 is 2.21 bits per heavy atom. The lowest BCUT2D eigenvalue weighted by molar-refractivity contribution is -0.276. The molecule has 1 saturated heterocycles. The van der Waals surface area contributed by atoms with Crippen LogP contribution in [0.3, 0.4) is 0 Å². The summed E-state index contributed by atoms with van der Waals surface area (Å²) in [6.07, 6.45) is -0.616. The molecule has 1 aromatic heterocycles. The Balaban J connectivity index is 1.45. The van der Waals surface area contributed by atoms with E-state index in [4.69, 9.17) is 32.7 Å². The molecular weight excluding hydrogens is 620 g/mol. The first-order chi connectivity index (χ1) is 20.5. The molecule has 7 nitrogen and oxygen atoms in total. The fourth-order valence-electron chi connectivity index (χ4n) is 4.75. The molecule has 2 heterocycles. The molecule has 0 bridgehead atoms. The standard InChI is InChI=1S/C29H22Cl2F5N3O4/c1-13-18(10-39-12-37-26(30)27(39)31)42-29(43-25(13)15-7-5-14(11-40)6-8-15)16-3-2-4-17(9-16)38-28(41)19-20(32)22(34)24(36)23(35)21(19)33/h2-9,12-13,18,25,29,40H,10-11H2,1H3,(H,38,41). The van der Waals surface area contributed by atoms with Crippen LogP contribution in [0.4, 0.5) is 27.6 Å². The number of anilines is 1. The summed E-state index contributed by atoms with van der Waals surface area (Å²) in [5.41, 5.74) is 0.214. The molecule has 4 unspecified atom stereocenters. The van der Waals surface area contributed by atoms with Crippen LogP contribution in [0.15, 0.2) is 54.9 Å². The Labute approximate surface area is 251 Å². The van der Waals surface area contributed by atoms with Gasteiger partial charge in [-0.05, 0) is 23.3 Å². The van der Waals surface area contributed by atoms with Gasteiger partial charge in [-0.1, -0.05) is 66.5 Å². The van der Waals surface area contributed by atoms with Crippen molar-refractivity contribution in [1.82, 2.24) is 9.55 Å². The van der Waals surface area contributed by atoms with E-state index in [0.29, 0.717) is 11.1 Å². The van der Waals surface area contributed by atoms with E-state index in [1.165, 1.54) is 24.5 Å². The number of hydrogen-bond donors (Lipinski definition) is 2. The third kappa shape index (κ3) is 6.11. The first-order valence-corrected chi connectivity index (χ1v) is 13.5. The lowest BCUT2D eigenvalue weighted by atomic mass is 9.90. The van der Waals surface area contributed by atoms with Crippen LogP contribution in [0.1, 0.15) is 46.4 Å². The first kappa shape index (κ1) is 30.9. The van der Waals surface area contributed by atoms with Crippen molar-refractivity contribution in [3.63, 3.8) is 0 Å². The number of benzene rings is 3. The number of aliphatic hydroxyl groups is 1. The molecule has 14 heteroatoms. The number of carbonyl (C=O) groups excluding carboxylic acids is 1. The highest BCUT2D eigenvalue weighted by Crippen LogP contribution is 2.43. The van der Waals surface area contributed by atoms with Crippen molar-refractivity contribution in [3.8, 4) is 0 Å². The predicted molar refractivity (Wildman–Crippen MR) is 146 cm³/mol. The van der Waals surface area contributed by atoms with E-state index in [0.717, 1.165) is 5.56 Å². The van der Waals surface area contributed by atoms with Gasteiger partial charge in [-0.15, -0.1) is 0 Å². The van der Waals surface area contributed by atoms with Crippen LogP contribution in [0.25, 0.3) is 0 Å². The monoisotopic (exact) mass is 641 g/mol. The third-order valence-electron chi connectivity index (χ3n) is 7.09. The molecule has 1 aliphatic heterocycles. The number of carbonyl (C=O) groups is 1. The Morgan fingerprint density at radius 2 is 1.60 bits per heavy atom. The van der Waals surface area contributed by atoms with Gasteiger partial charge in [0.15, 0.2) is 34.7 Å². The molecule has 1 amide bonds. The van der Waals surface area contributed by atoms with Gasteiger partial charge in [0.05, 0.1) is 31.7 Å². The van der Waals surface area contributed by atoms with Gasteiger partial charge in [-0.2, -0.15) is 0 Å². The van der Waals surface area contributed by atoms with Crippen LogP contribution in [-0.4, -0.2) is 26.7 Å². The number of aromatic nitrogens is 2. The first-order valence-electron chi connectivity index (χ1n) is 12.8. The Hall–Kier alpha value is -3.55. The minimum absolute atomic E-state index is 0.0258. The van der Waals surface area contributed by atoms with E-state index in [9.17, 15) is 31.9 Å². The topological polar surface area (TPSA) is 85.6 Å². The van der Waals surface area contributed by atoms with Crippen LogP contribution in [0, 0.1) is 35.0 Å². The smallest absolute Gasteiger partial charge is 0.261 e. The lowest BCUT2D eigenvalue weighted by Gasteiger charge is -2.41. The molecule has 226 valence electrons. The summed E-state index contributed by atoms with van der Waals surface area (Å²) in [7, 11) is 0. The number of amides is 1. The Bertz CT molecular complexity index is 1640. The van der Waals surface area contributed by atoms with Gasteiger partial charge in [-0.3, -0.25) is 4.79 Å². The molecule has 0 aliphatic carbocycles. The van der Waals surface area contributed by atoms with Crippen LogP contribution >= 0.6 is 23.2 Å².